The van der Waals surface area contributed by atoms with Crippen LogP contribution in [0.5, 0.6) is 11.5 Å². The zero-order valence-corrected chi connectivity index (χ0v) is 17.9. The molecule has 32 heavy (non-hydrogen) atoms. The topological polar surface area (TPSA) is 41.6 Å². The van der Waals surface area contributed by atoms with E-state index in [1.807, 2.05) is 13.0 Å². The van der Waals surface area contributed by atoms with Crippen molar-refractivity contribution in [2.45, 2.75) is 26.1 Å². The molecule has 3 aromatic carbocycles. The van der Waals surface area contributed by atoms with Gasteiger partial charge in [0.05, 0.1) is 5.56 Å². The van der Waals surface area contributed by atoms with Crippen LogP contribution in [0.2, 0.25) is 0 Å². The fourth-order valence-electron chi connectivity index (χ4n) is 3.92. The molecule has 0 aliphatic carbocycles. The van der Waals surface area contributed by atoms with Crippen LogP contribution in [-0.4, -0.2) is 36.5 Å². The molecule has 1 saturated heterocycles. The van der Waals surface area contributed by atoms with Gasteiger partial charge in [-0.1, -0.05) is 19.1 Å². The van der Waals surface area contributed by atoms with Crippen molar-refractivity contribution in [3.63, 3.8) is 0 Å². The summed E-state index contributed by atoms with van der Waals surface area (Å²) < 4.78 is 44.1. The van der Waals surface area contributed by atoms with Crippen LogP contribution in [0.1, 0.15) is 29.8 Å². The summed E-state index contributed by atoms with van der Waals surface area (Å²) >= 11 is 0. The Morgan fingerprint density at radius 3 is 2.50 bits per heavy atom. The third-order valence-electron chi connectivity index (χ3n) is 6.01. The monoisotopic (exact) mass is 442 g/mol. The van der Waals surface area contributed by atoms with Crippen molar-refractivity contribution in [2.75, 3.05) is 19.6 Å². The molecular formula is C25H25F3N2O2. The van der Waals surface area contributed by atoms with E-state index in [1.165, 1.54) is 12.1 Å². The molecule has 1 aliphatic heterocycles. The molecule has 4 rings (SSSR count). The zero-order valence-electron chi connectivity index (χ0n) is 17.9. The SMILES string of the molecule is CCN1CC([C@H](C)NC(=O)c2ccc3c(Oc4ccc(C(F)(F)F)cc4)cccc3c2)C1. The highest BCUT2D eigenvalue weighted by Crippen LogP contribution is 2.34. The van der Waals surface area contributed by atoms with E-state index in [0.717, 1.165) is 42.5 Å². The molecule has 1 heterocycles. The Labute approximate surface area is 185 Å². The van der Waals surface area contributed by atoms with Crippen LogP contribution in [0.25, 0.3) is 10.8 Å². The lowest BCUT2D eigenvalue weighted by Crippen LogP contribution is -2.55. The molecular weight excluding hydrogens is 417 g/mol. The van der Waals surface area contributed by atoms with Crippen molar-refractivity contribution < 1.29 is 22.7 Å². The third kappa shape index (κ3) is 4.72. The van der Waals surface area contributed by atoms with E-state index in [-0.39, 0.29) is 11.9 Å². The van der Waals surface area contributed by atoms with E-state index in [4.69, 9.17) is 4.74 Å². The number of benzene rings is 3. The van der Waals surface area contributed by atoms with E-state index in [1.54, 1.807) is 30.3 Å². The Bertz CT molecular complexity index is 1110. The second kappa shape index (κ2) is 8.82. The van der Waals surface area contributed by atoms with Gasteiger partial charge < -0.3 is 15.0 Å². The lowest BCUT2D eigenvalue weighted by atomic mass is 9.92. The van der Waals surface area contributed by atoms with Crippen LogP contribution in [0.3, 0.4) is 0 Å². The fourth-order valence-corrected chi connectivity index (χ4v) is 3.92. The van der Waals surface area contributed by atoms with Crippen molar-refractivity contribution in [2.24, 2.45) is 5.92 Å². The predicted molar refractivity (Wildman–Crippen MR) is 118 cm³/mol. The quantitative estimate of drug-likeness (QED) is 0.531. The smallest absolute Gasteiger partial charge is 0.416 e. The number of likely N-dealkylation sites (tertiary alicyclic amines) is 1. The summed E-state index contributed by atoms with van der Waals surface area (Å²) in [5.74, 6) is 1.16. The number of fused-ring (bicyclic) bond motifs is 1. The van der Waals surface area contributed by atoms with Gasteiger partial charge >= 0.3 is 6.18 Å². The van der Waals surface area contributed by atoms with E-state index >= 15 is 0 Å². The van der Waals surface area contributed by atoms with Crippen molar-refractivity contribution in [1.29, 1.82) is 0 Å². The van der Waals surface area contributed by atoms with Gasteiger partial charge in [-0.3, -0.25) is 4.79 Å². The molecule has 0 radical (unpaired) electrons. The number of carbonyl (C=O) groups excluding carboxylic acids is 1. The minimum Gasteiger partial charge on any atom is -0.457 e. The number of nitrogens with one attached hydrogen (secondary N) is 1. The first-order valence-corrected chi connectivity index (χ1v) is 10.7. The Kier molecular flexibility index (Phi) is 6.11. The Morgan fingerprint density at radius 2 is 1.84 bits per heavy atom. The largest absolute Gasteiger partial charge is 0.457 e. The van der Waals surface area contributed by atoms with Gasteiger partial charge in [0.1, 0.15) is 11.5 Å². The van der Waals surface area contributed by atoms with Gasteiger partial charge in [0, 0.05) is 36.0 Å². The normalized spacial score (nSPS) is 15.9. The summed E-state index contributed by atoms with van der Waals surface area (Å²) in [4.78, 5) is 15.1. The highest BCUT2D eigenvalue weighted by molar-refractivity contribution is 6.00. The Balaban J connectivity index is 1.48. The number of nitrogens with zero attached hydrogens (tertiary/aromatic N) is 1. The summed E-state index contributed by atoms with van der Waals surface area (Å²) in [6.07, 6.45) is -4.39. The third-order valence-corrected chi connectivity index (χ3v) is 6.01. The molecule has 0 bridgehead atoms. The Morgan fingerprint density at radius 1 is 1.12 bits per heavy atom. The summed E-state index contributed by atoms with van der Waals surface area (Å²) in [6.45, 7) is 7.19. The molecule has 4 nitrogen and oxygen atoms in total. The van der Waals surface area contributed by atoms with Gasteiger partial charge in [-0.05, 0) is 67.4 Å². The second-order valence-corrected chi connectivity index (χ2v) is 8.19. The van der Waals surface area contributed by atoms with Crippen LogP contribution in [-0.2, 0) is 6.18 Å². The maximum absolute atomic E-state index is 12.8. The standard InChI is InChI=1S/C25H25F3N2O2/c1-3-30-14-19(15-30)16(2)29-24(31)18-7-12-22-17(13-18)5-4-6-23(22)32-21-10-8-20(9-11-21)25(26,27)28/h4-13,16,19H,3,14-15H2,1-2H3,(H,29,31)/t16-/m0/s1. The molecule has 7 heteroatoms. The molecule has 1 atom stereocenters. The van der Waals surface area contributed by atoms with Gasteiger partial charge in [0.2, 0.25) is 0 Å². The number of amides is 1. The molecule has 3 aromatic rings. The van der Waals surface area contributed by atoms with Gasteiger partial charge in [-0.25, -0.2) is 0 Å². The maximum Gasteiger partial charge on any atom is 0.416 e. The molecule has 1 fully saturated rings. The lowest BCUT2D eigenvalue weighted by Gasteiger charge is -2.42. The summed E-state index contributed by atoms with van der Waals surface area (Å²) in [7, 11) is 0. The molecule has 0 aromatic heterocycles. The first-order valence-electron chi connectivity index (χ1n) is 10.7. The number of carbonyl (C=O) groups is 1. The van der Waals surface area contributed by atoms with Gasteiger partial charge in [-0.2, -0.15) is 13.2 Å². The number of rotatable bonds is 6. The predicted octanol–water partition coefficient (Wildman–Crippen LogP) is 5.72. The van der Waals surface area contributed by atoms with Crippen molar-refractivity contribution in [3.8, 4) is 11.5 Å². The van der Waals surface area contributed by atoms with Crippen molar-refractivity contribution in [3.05, 3.63) is 71.8 Å². The summed E-state index contributed by atoms with van der Waals surface area (Å²) in [5.41, 5.74) is -0.167. The number of alkyl halides is 3. The highest BCUT2D eigenvalue weighted by atomic mass is 19.4. The maximum atomic E-state index is 12.8. The fraction of sp³-hybridized carbons (Fsp3) is 0.320. The zero-order chi connectivity index (χ0) is 22.9. The van der Waals surface area contributed by atoms with Gasteiger partial charge in [0.25, 0.3) is 5.91 Å². The van der Waals surface area contributed by atoms with E-state index < -0.39 is 11.7 Å². The minimum atomic E-state index is -4.39. The molecule has 0 saturated carbocycles. The van der Waals surface area contributed by atoms with Gasteiger partial charge in [0.15, 0.2) is 0 Å². The number of ether oxygens (including phenoxy) is 1. The van der Waals surface area contributed by atoms with Crippen molar-refractivity contribution >= 4 is 16.7 Å². The minimum absolute atomic E-state index is 0.0929. The van der Waals surface area contributed by atoms with Crippen LogP contribution in [0.4, 0.5) is 13.2 Å². The average molecular weight is 442 g/mol. The average Bonchev–Trinajstić information content (AvgIpc) is 2.72. The first-order chi connectivity index (χ1) is 15.2. The molecule has 1 aliphatic rings. The first kappa shape index (κ1) is 22.1. The summed E-state index contributed by atoms with van der Waals surface area (Å²) in [6, 6.07) is 15.4. The van der Waals surface area contributed by atoms with Crippen LogP contribution in [0.15, 0.2) is 60.7 Å². The number of hydrogen-bond donors (Lipinski definition) is 1. The molecule has 168 valence electrons. The Hall–Kier alpha value is -3.06. The van der Waals surface area contributed by atoms with E-state index in [9.17, 15) is 18.0 Å². The second-order valence-electron chi connectivity index (χ2n) is 8.19. The summed E-state index contributed by atoms with van der Waals surface area (Å²) in [5, 5.41) is 4.68. The molecule has 1 N–H and O–H groups in total. The van der Waals surface area contributed by atoms with E-state index in [0.29, 0.717) is 23.0 Å². The lowest BCUT2D eigenvalue weighted by molar-refractivity contribution is -0.137. The molecule has 0 spiro atoms. The number of hydrogen-bond acceptors (Lipinski definition) is 3. The highest BCUT2D eigenvalue weighted by Gasteiger charge is 2.31. The molecule has 1 amide bonds. The number of halogens is 3. The van der Waals surface area contributed by atoms with Crippen LogP contribution < -0.4 is 10.1 Å². The van der Waals surface area contributed by atoms with Crippen LogP contribution >= 0.6 is 0 Å². The van der Waals surface area contributed by atoms with Gasteiger partial charge in [-0.15, -0.1) is 0 Å². The van der Waals surface area contributed by atoms with E-state index in [2.05, 4.69) is 17.1 Å². The molecule has 0 unspecified atom stereocenters. The van der Waals surface area contributed by atoms with Crippen LogP contribution in [0, 0.1) is 5.92 Å². The van der Waals surface area contributed by atoms with Crippen molar-refractivity contribution in [1.82, 2.24) is 10.2 Å².